The fourth-order valence-electron chi connectivity index (χ4n) is 3.22. The number of tetrazole rings is 1. The average Bonchev–Trinajstić information content (AvgIpc) is 3.45. The Morgan fingerprint density at radius 3 is 2.90 bits per heavy atom. The van der Waals surface area contributed by atoms with Crippen LogP contribution in [0.5, 0.6) is 0 Å². The molecule has 0 spiro atoms. The van der Waals surface area contributed by atoms with E-state index in [4.69, 9.17) is 0 Å². The summed E-state index contributed by atoms with van der Waals surface area (Å²) in [5.41, 5.74) is 0.257. The van der Waals surface area contributed by atoms with Gasteiger partial charge in [0.25, 0.3) is 11.8 Å². The van der Waals surface area contributed by atoms with Crippen LogP contribution in [-0.4, -0.2) is 81.8 Å². The number of aromatic nitrogens is 4. The first-order valence-corrected chi connectivity index (χ1v) is 11.6. The number of carbonyl (C=O) groups excluding carboxylic acids is 2. The summed E-state index contributed by atoms with van der Waals surface area (Å²) in [4.78, 5) is 38.9. The van der Waals surface area contributed by atoms with Gasteiger partial charge in [0.15, 0.2) is 5.71 Å². The number of carboxylic acid groups (broad SMARTS) is 1. The first-order valence-electron chi connectivity index (χ1n) is 8.80. The predicted molar refractivity (Wildman–Crippen MR) is 112 cm³/mol. The number of H-pyrrole nitrogens is 1. The third kappa shape index (κ3) is 3.90. The lowest BCUT2D eigenvalue weighted by Crippen LogP contribution is -2.71. The van der Waals surface area contributed by atoms with Gasteiger partial charge >= 0.3 is 5.97 Å². The Hall–Kier alpha value is -2.91. The van der Waals surface area contributed by atoms with Crippen molar-refractivity contribution >= 4 is 58.4 Å². The van der Waals surface area contributed by atoms with Gasteiger partial charge in [-0.2, -0.15) is 0 Å². The molecule has 15 heteroatoms. The Kier molecular flexibility index (Phi) is 5.97. The minimum atomic E-state index is -1.22. The Bertz CT molecular complexity index is 1070. The monoisotopic (exact) mass is 481 g/mol. The molecular weight excluding hydrogens is 466 g/mol. The number of aromatic amines is 1. The lowest BCUT2D eigenvalue weighted by Gasteiger charge is -2.49. The maximum absolute atomic E-state index is 12.8. The molecule has 2 aliphatic rings. The fraction of sp³-hybridized carbons (Fsp3) is 0.312. The van der Waals surface area contributed by atoms with Crippen molar-refractivity contribution in [3.63, 3.8) is 0 Å². The third-order valence-corrected chi connectivity index (χ3v) is 7.87. The van der Waals surface area contributed by atoms with E-state index in [1.54, 1.807) is 24.4 Å². The quantitative estimate of drug-likeness (QED) is 0.142. The van der Waals surface area contributed by atoms with Gasteiger partial charge in [0.05, 0.1) is 4.88 Å². The van der Waals surface area contributed by atoms with Crippen LogP contribution in [0.25, 0.3) is 0 Å². The van der Waals surface area contributed by atoms with Crippen LogP contribution in [0.15, 0.2) is 39.1 Å². The van der Waals surface area contributed by atoms with Crippen molar-refractivity contribution in [2.45, 2.75) is 28.7 Å². The standard InChI is InChI=1S/C16H15N7O5S3/c1-6(31-16-18-21-22-19-16)7-5-30-14-10(13(25)23(14)11(7)15(26)27)17-12(24)9(20-28)8-3-2-4-29-8/h2-4,6,10,14,28H,5H2,1H3,(H,17,24)(H,26,27)(H,18,19,21,22)/t6?,10-,14+/m1/s1. The van der Waals surface area contributed by atoms with Crippen molar-refractivity contribution < 1.29 is 24.7 Å². The second-order valence-electron chi connectivity index (χ2n) is 6.43. The average molecular weight is 482 g/mol. The normalized spacial score (nSPS) is 22.0. The number of aliphatic carboxylic acids is 1. The molecular formula is C16H15N7O5S3. The van der Waals surface area contributed by atoms with Crippen molar-refractivity contribution in [1.82, 2.24) is 30.8 Å². The Balaban J connectivity index is 1.52. The summed E-state index contributed by atoms with van der Waals surface area (Å²) >= 11 is 3.81. The zero-order valence-corrected chi connectivity index (χ0v) is 18.2. The molecule has 2 aromatic rings. The molecule has 0 aliphatic carbocycles. The summed E-state index contributed by atoms with van der Waals surface area (Å²) in [5.74, 6) is -2.12. The van der Waals surface area contributed by atoms with Crippen molar-refractivity contribution in [2.24, 2.45) is 5.16 Å². The molecule has 12 nitrogen and oxygen atoms in total. The summed E-state index contributed by atoms with van der Waals surface area (Å²) in [6.07, 6.45) is 0. The van der Waals surface area contributed by atoms with Crippen molar-refractivity contribution in [3.05, 3.63) is 33.7 Å². The van der Waals surface area contributed by atoms with E-state index in [1.807, 2.05) is 0 Å². The number of nitrogens with one attached hydrogen (secondary N) is 2. The number of thiophene rings is 1. The van der Waals surface area contributed by atoms with E-state index in [2.05, 4.69) is 31.1 Å². The zero-order chi connectivity index (χ0) is 22.1. The molecule has 0 aromatic carbocycles. The van der Waals surface area contributed by atoms with E-state index < -0.39 is 29.2 Å². The number of nitrogens with zero attached hydrogens (tertiary/aromatic N) is 5. The van der Waals surface area contributed by atoms with Gasteiger partial charge < -0.3 is 15.6 Å². The lowest BCUT2D eigenvalue weighted by atomic mass is 10.0. The van der Waals surface area contributed by atoms with Crippen LogP contribution in [0, 0.1) is 0 Å². The number of β-lactam (4-membered cyclic amide) rings is 1. The Morgan fingerprint density at radius 1 is 1.48 bits per heavy atom. The third-order valence-electron chi connectivity index (χ3n) is 4.66. The number of carboxylic acids is 1. The second-order valence-corrected chi connectivity index (χ2v) is 9.81. The second kappa shape index (κ2) is 8.68. The molecule has 4 heterocycles. The molecule has 0 bridgehead atoms. The van der Waals surface area contributed by atoms with Gasteiger partial charge in [0.1, 0.15) is 17.1 Å². The van der Waals surface area contributed by atoms with Gasteiger partial charge in [-0.15, -0.1) is 28.2 Å². The molecule has 162 valence electrons. The number of hydrogen-bond donors (Lipinski definition) is 4. The smallest absolute Gasteiger partial charge is 0.352 e. The highest BCUT2D eigenvalue weighted by Gasteiger charge is 2.54. The maximum atomic E-state index is 12.8. The largest absolute Gasteiger partial charge is 0.477 e. The zero-order valence-electron chi connectivity index (χ0n) is 15.8. The van der Waals surface area contributed by atoms with Crippen LogP contribution in [0.3, 0.4) is 0 Å². The molecule has 4 rings (SSSR count). The minimum absolute atomic E-state index is 0.0963. The van der Waals surface area contributed by atoms with Crippen molar-refractivity contribution in [3.8, 4) is 0 Å². The molecule has 1 fully saturated rings. The Morgan fingerprint density at radius 2 is 2.29 bits per heavy atom. The molecule has 1 saturated heterocycles. The minimum Gasteiger partial charge on any atom is -0.477 e. The number of thioether (sulfide) groups is 2. The summed E-state index contributed by atoms with van der Waals surface area (Å²) in [6.45, 7) is 1.81. The van der Waals surface area contributed by atoms with Crippen LogP contribution < -0.4 is 5.32 Å². The summed E-state index contributed by atoms with van der Waals surface area (Å²) < 4.78 is 0. The first-order chi connectivity index (χ1) is 14.9. The van der Waals surface area contributed by atoms with Gasteiger partial charge in [-0.1, -0.05) is 23.0 Å². The van der Waals surface area contributed by atoms with Crippen LogP contribution in [0.1, 0.15) is 11.8 Å². The molecule has 3 atom stereocenters. The van der Waals surface area contributed by atoms with Gasteiger partial charge in [-0.25, -0.2) is 9.89 Å². The molecule has 0 radical (unpaired) electrons. The van der Waals surface area contributed by atoms with E-state index in [-0.39, 0.29) is 16.7 Å². The van der Waals surface area contributed by atoms with Crippen LogP contribution in [-0.2, 0) is 14.4 Å². The highest BCUT2D eigenvalue weighted by Crippen LogP contribution is 2.43. The SMILES string of the molecule is CC(Sc1nnn[nH]1)C1=C(C(=O)O)N2C(=O)[C@@H](NC(=O)C(=NO)c3cccs3)[C@@H]2SC1. The van der Waals surface area contributed by atoms with E-state index in [0.717, 1.165) is 0 Å². The molecule has 2 amide bonds. The van der Waals surface area contributed by atoms with Gasteiger partial charge in [0.2, 0.25) is 5.16 Å². The highest BCUT2D eigenvalue weighted by molar-refractivity contribution is 8.01. The molecule has 2 aromatic heterocycles. The first kappa shape index (κ1) is 21.3. The fourth-order valence-corrected chi connectivity index (χ4v) is 6.36. The van der Waals surface area contributed by atoms with Crippen LogP contribution >= 0.6 is 34.9 Å². The van der Waals surface area contributed by atoms with Gasteiger partial charge in [-0.3, -0.25) is 14.5 Å². The number of fused-ring (bicyclic) bond motifs is 1. The number of amides is 2. The Labute approximate surface area is 187 Å². The van der Waals surface area contributed by atoms with E-state index >= 15 is 0 Å². The topological polar surface area (TPSA) is 174 Å². The van der Waals surface area contributed by atoms with E-state index in [0.29, 0.717) is 21.4 Å². The summed E-state index contributed by atoms with van der Waals surface area (Å²) in [7, 11) is 0. The molecule has 31 heavy (non-hydrogen) atoms. The molecule has 4 N–H and O–H groups in total. The van der Waals surface area contributed by atoms with Gasteiger partial charge in [-0.05, 0) is 34.4 Å². The number of hydrogen-bond acceptors (Lipinski definition) is 11. The molecule has 1 unspecified atom stereocenters. The van der Waals surface area contributed by atoms with E-state index in [1.165, 1.54) is 39.8 Å². The number of rotatable bonds is 7. The maximum Gasteiger partial charge on any atom is 0.352 e. The number of oxime groups is 1. The van der Waals surface area contributed by atoms with E-state index in [9.17, 15) is 24.7 Å². The molecule has 0 saturated carbocycles. The molecule has 2 aliphatic heterocycles. The highest BCUT2D eigenvalue weighted by atomic mass is 32.2. The summed E-state index contributed by atoms with van der Waals surface area (Å²) in [5, 5.41) is 39.3. The van der Waals surface area contributed by atoms with Crippen molar-refractivity contribution in [1.29, 1.82) is 0 Å². The van der Waals surface area contributed by atoms with Gasteiger partial charge in [0, 0.05) is 11.0 Å². The summed E-state index contributed by atoms with van der Waals surface area (Å²) in [6, 6.07) is 2.39. The van der Waals surface area contributed by atoms with Crippen LogP contribution in [0.4, 0.5) is 0 Å². The van der Waals surface area contributed by atoms with Crippen molar-refractivity contribution in [2.75, 3.05) is 5.75 Å². The number of carbonyl (C=O) groups is 3. The van der Waals surface area contributed by atoms with Crippen LogP contribution in [0.2, 0.25) is 0 Å². The predicted octanol–water partition coefficient (Wildman–Crippen LogP) is 0.359. The lowest BCUT2D eigenvalue weighted by molar-refractivity contribution is -0.150.